The molecular formula is C17H18N2O4S. The van der Waals surface area contributed by atoms with Crippen molar-refractivity contribution in [3.8, 4) is 0 Å². The molecule has 0 unspecified atom stereocenters. The summed E-state index contributed by atoms with van der Waals surface area (Å²) in [7, 11) is 0. The molecule has 6 nitrogen and oxygen atoms in total. The second kappa shape index (κ2) is 7.17. The van der Waals surface area contributed by atoms with Crippen LogP contribution in [0.15, 0.2) is 29.2 Å². The van der Waals surface area contributed by atoms with E-state index >= 15 is 0 Å². The molecule has 0 aromatic heterocycles. The molecule has 0 radical (unpaired) electrons. The van der Waals surface area contributed by atoms with Gasteiger partial charge in [-0.05, 0) is 42.7 Å². The van der Waals surface area contributed by atoms with E-state index in [-0.39, 0.29) is 21.7 Å². The third-order valence-electron chi connectivity index (χ3n) is 4.46. The Labute approximate surface area is 144 Å². The number of benzene rings is 1. The summed E-state index contributed by atoms with van der Waals surface area (Å²) in [5.74, 6) is 0.0337. The van der Waals surface area contributed by atoms with Gasteiger partial charge in [-0.2, -0.15) is 0 Å². The number of carbonyl (C=O) groups is 2. The van der Waals surface area contributed by atoms with Crippen LogP contribution >= 0.6 is 11.8 Å². The predicted molar refractivity (Wildman–Crippen MR) is 92.3 cm³/mol. The summed E-state index contributed by atoms with van der Waals surface area (Å²) in [5, 5.41) is 10.8. The number of thioether (sulfide) groups is 1. The molecule has 24 heavy (non-hydrogen) atoms. The fraction of sp³-hybridized carbons (Fsp3) is 0.412. The van der Waals surface area contributed by atoms with Crippen LogP contribution in [0.1, 0.15) is 37.7 Å². The molecule has 1 heterocycles. The van der Waals surface area contributed by atoms with Crippen molar-refractivity contribution in [3.05, 3.63) is 44.8 Å². The minimum Gasteiger partial charge on any atom is -0.268 e. The average Bonchev–Trinajstić information content (AvgIpc) is 2.84. The highest BCUT2D eigenvalue weighted by molar-refractivity contribution is 8.18. The van der Waals surface area contributed by atoms with Gasteiger partial charge >= 0.3 is 0 Å². The van der Waals surface area contributed by atoms with Crippen molar-refractivity contribution in [3.63, 3.8) is 0 Å². The molecule has 3 rings (SSSR count). The highest BCUT2D eigenvalue weighted by atomic mass is 32.2. The van der Waals surface area contributed by atoms with Gasteiger partial charge in [0.1, 0.15) is 0 Å². The lowest BCUT2D eigenvalue weighted by molar-refractivity contribution is -0.385. The summed E-state index contributed by atoms with van der Waals surface area (Å²) < 4.78 is 0. The first-order valence-electron chi connectivity index (χ1n) is 8.05. The van der Waals surface area contributed by atoms with Crippen molar-refractivity contribution in [2.24, 2.45) is 5.92 Å². The zero-order valence-electron chi connectivity index (χ0n) is 13.1. The largest absolute Gasteiger partial charge is 0.293 e. The Bertz CT molecular complexity index is 710. The van der Waals surface area contributed by atoms with Crippen LogP contribution in [0.3, 0.4) is 0 Å². The monoisotopic (exact) mass is 346 g/mol. The molecule has 2 fully saturated rings. The van der Waals surface area contributed by atoms with Gasteiger partial charge in [-0.3, -0.25) is 24.6 Å². The van der Waals surface area contributed by atoms with Gasteiger partial charge in [-0.25, -0.2) is 0 Å². The number of rotatable bonds is 4. The maximum Gasteiger partial charge on any atom is 0.293 e. The van der Waals surface area contributed by atoms with Crippen molar-refractivity contribution >= 4 is 34.7 Å². The van der Waals surface area contributed by atoms with E-state index in [1.165, 1.54) is 23.5 Å². The number of imide groups is 1. The molecule has 1 saturated heterocycles. The van der Waals surface area contributed by atoms with Gasteiger partial charge in [-0.15, -0.1) is 0 Å². The first kappa shape index (κ1) is 16.7. The Kier molecular flexibility index (Phi) is 4.99. The number of nitrogens with zero attached hydrogens (tertiary/aromatic N) is 2. The van der Waals surface area contributed by atoms with Crippen molar-refractivity contribution in [1.29, 1.82) is 0 Å². The van der Waals surface area contributed by atoms with Gasteiger partial charge < -0.3 is 0 Å². The molecule has 7 heteroatoms. The number of para-hydroxylation sites is 1. The van der Waals surface area contributed by atoms with Gasteiger partial charge in [-0.1, -0.05) is 31.4 Å². The van der Waals surface area contributed by atoms with Crippen molar-refractivity contribution in [2.75, 3.05) is 6.54 Å². The second-order valence-electron chi connectivity index (χ2n) is 6.11. The fourth-order valence-electron chi connectivity index (χ4n) is 3.20. The average molecular weight is 346 g/mol. The molecular weight excluding hydrogens is 328 g/mol. The smallest absolute Gasteiger partial charge is 0.268 e. The lowest BCUT2D eigenvalue weighted by atomic mass is 9.89. The van der Waals surface area contributed by atoms with Gasteiger partial charge in [0.2, 0.25) is 0 Å². The number of hydrogen-bond donors (Lipinski definition) is 0. The molecule has 0 atom stereocenters. The molecule has 126 valence electrons. The van der Waals surface area contributed by atoms with Crippen molar-refractivity contribution in [2.45, 2.75) is 32.1 Å². The van der Waals surface area contributed by atoms with E-state index in [4.69, 9.17) is 0 Å². The Balaban J connectivity index is 1.79. The summed E-state index contributed by atoms with van der Waals surface area (Å²) in [6.07, 6.45) is 7.05. The molecule has 0 N–H and O–H groups in total. The summed E-state index contributed by atoms with van der Waals surface area (Å²) in [6, 6.07) is 6.21. The van der Waals surface area contributed by atoms with Gasteiger partial charge in [0.05, 0.1) is 15.4 Å². The molecule has 1 aromatic rings. The third-order valence-corrected chi connectivity index (χ3v) is 5.37. The Morgan fingerprint density at radius 2 is 1.92 bits per heavy atom. The van der Waals surface area contributed by atoms with E-state index in [2.05, 4.69) is 0 Å². The molecule has 1 aromatic carbocycles. The standard InChI is InChI=1S/C17H18N2O4S/c20-16-15(10-13-8-4-5-9-14(13)19(22)23)24-17(21)18(16)11-12-6-2-1-3-7-12/h4-5,8-10,12H,1-3,6-7,11H2/b15-10+. The minimum absolute atomic E-state index is 0.0726. The van der Waals surface area contributed by atoms with Gasteiger partial charge in [0.25, 0.3) is 16.8 Å². The van der Waals surface area contributed by atoms with Crippen LogP contribution in [0.4, 0.5) is 10.5 Å². The van der Waals surface area contributed by atoms with E-state index in [0.29, 0.717) is 18.0 Å². The maximum absolute atomic E-state index is 12.5. The SMILES string of the molecule is O=C1S/C(=C/c2ccccc2[N+](=O)[O-])C(=O)N1CC1CCCCC1. The molecule has 1 saturated carbocycles. The Morgan fingerprint density at radius 3 is 2.62 bits per heavy atom. The third kappa shape index (κ3) is 3.51. The summed E-state index contributed by atoms with van der Waals surface area (Å²) in [4.78, 5) is 36.8. The second-order valence-corrected chi connectivity index (χ2v) is 7.11. The zero-order chi connectivity index (χ0) is 17.1. The highest BCUT2D eigenvalue weighted by Gasteiger charge is 2.36. The molecule has 0 bridgehead atoms. The normalized spacial score (nSPS) is 20.8. The number of amides is 2. The summed E-state index contributed by atoms with van der Waals surface area (Å²) >= 11 is 0.862. The van der Waals surface area contributed by atoms with Crippen LogP contribution in [-0.4, -0.2) is 27.5 Å². The van der Waals surface area contributed by atoms with Crippen LogP contribution in [0.5, 0.6) is 0 Å². The Morgan fingerprint density at radius 1 is 1.21 bits per heavy atom. The van der Waals surface area contributed by atoms with Crippen molar-refractivity contribution in [1.82, 2.24) is 4.90 Å². The first-order chi connectivity index (χ1) is 11.6. The molecule has 0 spiro atoms. The quantitative estimate of drug-likeness (QED) is 0.463. The Hall–Kier alpha value is -2.15. The van der Waals surface area contributed by atoms with E-state index in [1.807, 2.05) is 0 Å². The van der Waals surface area contributed by atoms with Crippen LogP contribution in [-0.2, 0) is 4.79 Å². The zero-order valence-corrected chi connectivity index (χ0v) is 14.0. The summed E-state index contributed by atoms with van der Waals surface area (Å²) in [5.41, 5.74) is 0.266. The summed E-state index contributed by atoms with van der Waals surface area (Å²) in [6.45, 7) is 0.457. The molecule has 1 aliphatic heterocycles. The number of nitro groups is 1. The van der Waals surface area contributed by atoms with Crippen LogP contribution < -0.4 is 0 Å². The number of carbonyl (C=O) groups excluding carboxylic acids is 2. The van der Waals surface area contributed by atoms with Crippen LogP contribution in [0.2, 0.25) is 0 Å². The van der Waals surface area contributed by atoms with Crippen molar-refractivity contribution < 1.29 is 14.5 Å². The first-order valence-corrected chi connectivity index (χ1v) is 8.86. The van der Waals surface area contributed by atoms with Crippen LogP contribution in [0, 0.1) is 16.0 Å². The topological polar surface area (TPSA) is 80.5 Å². The molecule has 2 amide bonds. The van der Waals surface area contributed by atoms with Gasteiger partial charge in [0.15, 0.2) is 0 Å². The van der Waals surface area contributed by atoms with Crippen LogP contribution in [0.25, 0.3) is 6.08 Å². The predicted octanol–water partition coefficient (Wildman–Crippen LogP) is 4.21. The molecule has 2 aliphatic rings. The lowest BCUT2D eigenvalue weighted by Gasteiger charge is -2.25. The van der Waals surface area contributed by atoms with Gasteiger partial charge in [0, 0.05) is 12.6 Å². The minimum atomic E-state index is -0.488. The maximum atomic E-state index is 12.5. The van der Waals surface area contributed by atoms with E-state index in [1.54, 1.807) is 18.2 Å². The number of hydrogen-bond acceptors (Lipinski definition) is 5. The van der Waals surface area contributed by atoms with E-state index in [9.17, 15) is 19.7 Å². The number of nitro benzene ring substituents is 1. The fourth-order valence-corrected chi connectivity index (χ4v) is 4.04. The lowest BCUT2D eigenvalue weighted by Crippen LogP contribution is -2.34. The molecule has 1 aliphatic carbocycles. The van der Waals surface area contributed by atoms with E-state index in [0.717, 1.165) is 37.4 Å². The highest BCUT2D eigenvalue weighted by Crippen LogP contribution is 2.35. The van der Waals surface area contributed by atoms with E-state index < -0.39 is 4.92 Å².